The molecule has 0 aromatic heterocycles. The Bertz CT molecular complexity index is 429. The van der Waals surface area contributed by atoms with E-state index in [0.717, 1.165) is 57.1 Å². The van der Waals surface area contributed by atoms with Gasteiger partial charge in [-0.1, -0.05) is 13.0 Å². The third-order valence-corrected chi connectivity index (χ3v) is 4.01. The van der Waals surface area contributed by atoms with Crippen LogP contribution in [0.4, 0.5) is 0 Å². The van der Waals surface area contributed by atoms with Crippen LogP contribution in [0.5, 0.6) is 11.5 Å². The number of aryl methyl sites for hydroxylation is 1. The third-order valence-electron chi connectivity index (χ3n) is 4.01. The molecular formula is C16H26N2O2. The van der Waals surface area contributed by atoms with Crippen molar-refractivity contribution in [2.75, 3.05) is 46.9 Å². The molecule has 4 heteroatoms. The highest BCUT2D eigenvalue weighted by atomic mass is 16.5. The number of hydrogen-bond acceptors (Lipinski definition) is 4. The predicted molar refractivity (Wildman–Crippen MR) is 81.9 cm³/mol. The summed E-state index contributed by atoms with van der Waals surface area (Å²) in [5.74, 6) is 1.74. The van der Waals surface area contributed by atoms with Gasteiger partial charge in [-0.3, -0.25) is 0 Å². The Balaban J connectivity index is 2.14. The quantitative estimate of drug-likeness (QED) is 0.859. The highest BCUT2D eigenvalue weighted by Gasteiger charge is 2.16. The van der Waals surface area contributed by atoms with Gasteiger partial charge in [0.05, 0.1) is 14.2 Å². The van der Waals surface area contributed by atoms with Gasteiger partial charge < -0.3 is 19.7 Å². The van der Waals surface area contributed by atoms with Gasteiger partial charge in [0.2, 0.25) is 0 Å². The molecule has 1 aliphatic heterocycles. The summed E-state index contributed by atoms with van der Waals surface area (Å²) in [4.78, 5) is 2.51. The second-order valence-electron chi connectivity index (χ2n) is 5.13. The molecule has 0 radical (unpaired) electrons. The molecule has 1 aromatic carbocycles. The zero-order chi connectivity index (χ0) is 14.4. The van der Waals surface area contributed by atoms with Crippen LogP contribution in [0.3, 0.4) is 0 Å². The van der Waals surface area contributed by atoms with Crippen molar-refractivity contribution in [1.29, 1.82) is 0 Å². The number of ether oxygens (including phenoxy) is 2. The molecule has 20 heavy (non-hydrogen) atoms. The molecule has 0 spiro atoms. The highest BCUT2D eigenvalue weighted by Crippen LogP contribution is 2.34. The van der Waals surface area contributed by atoms with E-state index in [0.29, 0.717) is 0 Å². The SMILES string of the molecule is CCc1ccc(OC)c(OC)c1CCN1CCNCC1. The number of hydrogen-bond donors (Lipinski definition) is 1. The second-order valence-corrected chi connectivity index (χ2v) is 5.13. The minimum atomic E-state index is 0.833. The van der Waals surface area contributed by atoms with E-state index in [1.807, 2.05) is 6.07 Å². The van der Waals surface area contributed by atoms with Crippen molar-refractivity contribution in [3.8, 4) is 11.5 Å². The molecule has 4 nitrogen and oxygen atoms in total. The molecular weight excluding hydrogens is 252 g/mol. The molecule has 1 heterocycles. The summed E-state index contributed by atoms with van der Waals surface area (Å²) in [5.41, 5.74) is 2.66. The van der Waals surface area contributed by atoms with Crippen molar-refractivity contribution >= 4 is 0 Å². The molecule has 0 bridgehead atoms. The first kappa shape index (κ1) is 15.1. The van der Waals surface area contributed by atoms with Gasteiger partial charge >= 0.3 is 0 Å². The van der Waals surface area contributed by atoms with E-state index in [4.69, 9.17) is 9.47 Å². The summed E-state index contributed by atoms with van der Waals surface area (Å²) in [6.45, 7) is 7.72. The van der Waals surface area contributed by atoms with Crippen LogP contribution in [0.25, 0.3) is 0 Å². The Morgan fingerprint density at radius 1 is 1.15 bits per heavy atom. The van der Waals surface area contributed by atoms with Crippen molar-refractivity contribution in [2.45, 2.75) is 19.8 Å². The number of piperazine rings is 1. The minimum absolute atomic E-state index is 0.833. The topological polar surface area (TPSA) is 33.7 Å². The van der Waals surface area contributed by atoms with Crippen LogP contribution < -0.4 is 14.8 Å². The number of nitrogens with zero attached hydrogens (tertiary/aromatic N) is 1. The second kappa shape index (κ2) is 7.50. The van der Waals surface area contributed by atoms with Crippen molar-refractivity contribution in [1.82, 2.24) is 10.2 Å². The predicted octanol–water partition coefficient (Wildman–Crippen LogP) is 1.71. The lowest BCUT2D eigenvalue weighted by atomic mass is 10.00. The fourth-order valence-corrected chi connectivity index (χ4v) is 2.84. The fraction of sp³-hybridized carbons (Fsp3) is 0.625. The Kier molecular flexibility index (Phi) is 5.68. The van der Waals surface area contributed by atoms with Crippen molar-refractivity contribution in [2.24, 2.45) is 0 Å². The number of methoxy groups -OCH3 is 2. The lowest BCUT2D eigenvalue weighted by Gasteiger charge is -2.27. The average Bonchev–Trinajstić information content (AvgIpc) is 2.52. The monoisotopic (exact) mass is 278 g/mol. The third kappa shape index (κ3) is 3.44. The van der Waals surface area contributed by atoms with Gasteiger partial charge in [0.15, 0.2) is 11.5 Å². The fourth-order valence-electron chi connectivity index (χ4n) is 2.84. The molecule has 1 saturated heterocycles. The summed E-state index contributed by atoms with van der Waals surface area (Å²) < 4.78 is 11.0. The number of rotatable bonds is 6. The van der Waals surface area contributed by atoms with E-state index in [1.54, 1.807) is 14.2 Å². The number of benzene rings is 1. The standard InChI is InChI=1S/C16H26N2O2/c1-4-13-5-6-15(19-2)16(20-3)14(13)7-10-18-11-8-17-9-12-18/h5-6,17H,4,7-12H2,1-3H3. The van der Waals surface area contributed by atoms with Crippen LogP contribution in [0, 0.1) is 0 Å². The maximum Gasteiger partial charge on any atom is 0.164 e. The molecule has 1 aliphatic rings. The molecule has 2 rings (SSSR count). The van der Waals surface area contributed by atoms with Gasteiger partial charge in [0.1, 0.15) is 0 Å². The normalized spacial score (nSPS) is 16.1. The molecule has 0 aliphatic carbocycles. The maximum absolute atomic E-state index is 5.59. The first-order valence-electron chi connectivity index (χ1n) is 7.46. The van der Waals surface area contributed by atoms with Crippen molar-refractivity contribution in [3.63, 3.8) is 0 Å². The van der Waals surface area contributed by atoms with Gasteiger partial charge in [-0.2, -0.15) is 0 Å². The number of nitrogens with one attached hydrogen (secondary N) is 1. The van der Waals surface area contributed by atoms with Crippen LogP contribution in [0.2, 0.25) is 0 Å². The first-order chi connectivity index (χ1) is 9.80. The smallest absolute Gasteiger partial charge is 0.164 e. The van der Waals surface area contributed by atoms with Gasteiger partial charge in [0, 0.05) is 38.3 Å². The summed E-state index contributed by atoms with van der Waals surface area (Å²) in [6, 6.07) is 4.17. The largest absolute Gasteiger partial charge is 0.493 e. The molecule has 0 atom stereocenters. The lowest BCUT2D eigenvalue weighted by molar-refractivity contribution is 0.242. The van der Waals surface area contributed by atoms with Crippen LogP contribution in [-0.4, -0.2) is 51.8 Å². The van der Waals surface area contributed by atoms with Crippen molar-refractivity contribution in [3.05, 3.63) is 23.3 Å². The first-order valence-corrected chi connectivity index (χ1v) is 7.46. The van der Waals surface area contributed by atoms with Crippen LogP contribution >= 0.6 is 0 Å². The maximum atomic E-state index is 5.59. The molecule has 1 fully saturated rings. The molecule has 1 aromatic rings. The summed E-state index contributed by atoms with van der Waals surface area (Å²) in [5, 5.41) is 3.39. The van der Waals surface area contributed by atoms with E-state index in [-0.39, 0.29) is 0 Å². The van der Waals surface area contributed by atoms with Crippen LogP contribution in [-0.2, 0) is 12.8 Å². The van der Waals surface area contributed by atoms with E-state index in [9.17, 15) is 0 Å². The molecule has 0 saturated carbocycles. The minimum Gasteiger partial charge on any atom is -0.493 e. The summed E-state index contributed by atoms with van der Waals surface area (Å²) in [7, 11) is 3.43. The Morgan fingerprint density at radius 2 is 1.90 bits per heavy atom. The van der Waals surface area contributed by atoms with E-state index in [2.05, 4.69) is 23.2 Å². The zero-order valence-electron chi connectivity index (χ0n) is 12.9. The van der Waals surface area contributed by atoms with Gasteiger partial charge in [-0.05, 0) is 24.5 Å². The molecule has 112 valence electrons. The molecule has 0 amide bonds. The zero-order valence-corrected chi connectivity index (χ0v) is 12.9. The Hall–Kier alpha value is -1.26. The highest BCUT2D eigenvalue weighted by molar-refractivity contribution is 5.51. The van der Waals surface area contributed by atoms with E-state index >= 15 is 0 Å². The average molecular weight is 278 g/mol. The van der Waals surface area contributed by atoms with Gasteiger partial charge in [0.25, 0.3) is 0 Å². The Labute approximate surface area is 122 Å². The molecule has 0 unspecified atom stereocenters. The Morgan fingerprint density at radius 3 is 2.50 bits per heavy atom. The van der Waals surface area contributed by atoms with Gasteiger partial charge in [-0.15, -0.1) is 0 Å². The lowest BCUT2D eigenvalue weighted by Crippen LogP contribution is -2.44. The summed E-state index contributed by atoms with van der Waals surface area (Å²) in [6.07, 6.45) is 2.04. The van der Waals surface area contributed by atoms with E-state index < -0.39 is 0 Å². The van der Waals surface area contributed by atoms with Crippen LogP contribution in [0.1, 0.15) is 18.1 Å². The van der Waals surface area contributed by atoms with Gasteiger partial charge in [-0.25, -0.2) is 0 Å². The van der Waals surface area contributed by atoms with Crippen LogP contribution in [0.15, 0.2) is 12.1 Å². The van der Waals surface area contributed by atoms with Crippen molar-refractivity contribution < 1.29 is 9.47 Å². The molecule has 1 N–H and O–H groups in total. The summed E-state index contributed by atoms with van der Waals surface area (Å²) >= 11 is 0. The van der Waals surface area contributed by atoms with E-state index in [1.165, 1.54) is 11.1 Å².